The van der Waals surface area contributed by atoms with Crippen molar-refractivity contribution in [3.05, 3.63) is 28.5 Å². The van der Waals surface area contributed by atoms with E-state index in [0.29, 0.717) is 23.3 Å². The number of aromatic nitrogens is 1. The number of hydrogen-bond acceptors (Lipinski definition) is 3. The van der Waals surface area contributed by atoms with Crippen LogP contribution in [0.15, 0.2) is 22.8 Å². The number of β-amino-alcohol motifs (C(OH)–C–C–N with tert-alkyl or cyclic N) is 1. The number of amides is 1. The number of hydrogen-bond donors (Lipinski definition) is 1. The molecule has 0 aliphatic carbocycles. The number of aliphatic hydroxyl groups is 1. The Balaban J connectivity index is 2.14. The first-order valence-electron chi connectivity index (χ1n) is 5.67. The number of aliphatic hydroxyl groups excluding tert-OH is 1. The SMILES string of the molecule is CC1CCN(C(=O)c2ncccc2Br)CC1O. The molecule has 0 aromatic carbocycles. The second-order valence-corrected chi connectivity index (χ2v) is 5.27. The van der Waals surface area contributed by atoms with E-state index in [1.165, 1.54) is 0 Å². The summed E-state index contributed by atoms with van der Waals surface area (Å²) in [6.07, 6.45) is 1.99. The predicted octanol–water partition coefficient (Wildman–Crippen LogP) is 1.69. The highest BCUT2D eigenvalue weighted by Crippen LogP contribution is 2.21. The van der Waals surface area contributed by atoms with E-state index in [1.807, 2.05) is 6.92 Å². The number of rotatable bonds is 1. The Kier molecular flexibility index (Phi) is 3.79. The predicted molar refractivity (Wildman–Crippen MR) is 67.6 cm³/mol. The maximum atomic E-state index is 12.2. The van der Waals surface area contributed by atoms with Gasteiger partial charge in [-0.05, 0) is 40.4 Å². The molecule has 0 spiro atoms. The lowest BCUT2D eigenvalue weighted by Crippen LogP contribution is -2.46. The third-order valence-electron chi connectivity index (χ3n) is 3.17. The average molecular weight is 299 g/mol. The topological polar surface area (TPSA) is 53.4 Å². The van der Waals surface area contributed by atoms with E-state index in [0.717, 1.165) is 6.42 Å². The van der Waals surface area contributed by atoms with Crippen molar-refractivity contribution in [2.75, 3.05) is 13.1 Å². The molecule has 0 radical (unpaired) electrons. The number of carbonyl (C=O) groups is 1. The molecule has 2 unspecified atom stereocenters. The second kappa shape index (κ2) is 5.14. The molecule has 4 nitrogen and oxygen atoms in total. The largest absolute Gasteiger partial charge is 0.391 e. The molecule has 1 N–H and O–H groups in total. The fourth-order valence-corrected chi connectivity index (χ4v) is 2.35. The van der Waals surface area contributed by atoms with Crippen molar-refractivity contribution in [3.8, 4) is 0 Å². The zero-order chi connectivity index (χ0) is 12.4. The Morgan fingerprint density at radius 1 is 1.65 bits per heavy atom. The summed E-state index contributed by atoms with van der Waals surface area (Å²) in [6.45, 7) is 3.08. The van der Waals surface area contributed by atoms with Crippen molar-refractivity contribution >= 4 is 21.8 Å². The van der Waals surface area contributed by atoms with Crippen LogP contribution in [0.3, 0.4) is 0 Å². The molecule has 1 amide bonds. The van der Waals surface area contributed by atoms with Gasteiger partial charge in [-0.2, -0.15) is 0 Å². The summed E-state index contributed by atoms with van der Waals surface area (Å²) < 4.78 is 0.693. The Labute approximate surface area is 109 Å². The molecule has 2 atom stereocenters. The summed E-state index contributed by atoms with van der Waals surface area (Å²) in [7, 11) is 0. The minimum atomic E-state index is -0.435. The maximum absolute atomic E-state index is 12.2. The maximum Gasteiger partial charge on any atom is 0.273 e. The summed E-state index contributed by atoms with van der Waals surface area (Å²) in [5.74, 6) is 0.134. The zero-order valence-corrected chi connectivity index (χ0v) is 11.2. The number of nitrogens with zero attached hydrogens (tertiary/aromatic N) is 2. The summed E-state index contributed by atoms with van der Waals surface area (Å²) in [5, 5.41) is 9.79. The minimum absolute atomic E-state index is 0.122. The molecule has 2 rings (SSSR count). The molecule has 1 aliphatic heterocycles. The van der Waals surface area contributed by atoms with Crippen LogP contribution in [-0.4, -0.2) is 40.1 Å². The Morgan fingerprint density at radius 3 is 3.06 bits per heavy atom. The van der Waals surface area contributed by atoms with E-state index in [1.54, 1.807) is 23.2 Å². The van der Waals surface area contributed by atoms with Gasteiger partial charge in [-0.1, -0.05) is 6.92 Å². The highest BCUT2D eigenvalue weighted by Gasteiger charge is 2.29. The van der Waals surface area contributed by atoms with Gasteiger partial charge in [0.25, 0.3) is 5.91 Å². The fraction of sp³-hybridized carbons (Fsp3) is 0.500. The second-order valence-electron chi connectivity index (χ2n) is 4.42. The Morgan fingerprint density at radius 2 is 2.41 bits per heavy atom. The van der Waals surface area contributed by atoms with Gasteiger partial charge in [-0.3, -0.25) is 4.79 Å². The number of pyridine rings is 1. The van der Waals surface area contributed by atoms with Crippen LogP contribution in [0.5, 0.6) is 0 Å². The summed E-state index contributed by atoms with van der Waals surface area (Å²) in [5.41, 5.74) is 0.411. The van der Waals surface area contributed by atoms with E-state index in [9.17, 15) is 9.90 Å². The lowest BCUT2D eigenvalue weighted by molar-refractivity contribution is 0.0244. The molecule has 92 valence electrons. The highest BCUT2D eigenvalue weighted by molar-refractivity contribution is 9.10. The average Bonchev–Trinajstić information content (AvgIpc) is 2.32. The van der Waals surface area contributed by atoms with Crippen molar-refractivity contribution in [2.24, 2.45) is 5.92 Å². The zero-order valence-electron chi connectivity index (χ0n) is 9.64. The minimum Gasteiger partial charge on any atom is -0.391 e. The molecule has 1 fully saturated rings. The molecule has 17 heavy (non-hydrogen) atoms. The van der Waals surface area contributed by atoms with E-state index >= 15 is 0 Å². The molecule has 1 aromatic heterocycles. The van der Waals surface area contributed by atoms with Gasteiger partial charge < -0.3 is 10.0 Å². The van der Waals surface area contributed by atoms with Crippen LogP contribution in [0.2, 0.25) is 0 Å². The van der Waals surface area contributed by atoms with Crippen molar-refractivity contribution in [1.82, 2.24) is 9.88 Å². The first-order valence-corrected chi connectivity index (χ1v) is 6.46. The standard InChI is InChI=1S/C12H15BrN2O2/c1-8-4-6-15(7-10(8)16)12(17)11-9(13)3-2-5-14-11/h2-3,5,8,10,16H,4,6-7H2,1H3. The third-order valence-corrected chi connectivity index (χ3v) is 3.81. The van der Waals surface area contributed by atoms with Gasteiger partial charge in [0.05, 0.1) is 6.10 Å². The monoisotopic (exact) mass is 298 g/mol. The van der Waals surface area contributed by atoms with Crippen molar-refractivity contribution in [2.45, 2.75) is 19.4 Å². The van der Waals surface area contributed by atoms with Crippen LogP contribution in [-0.2, 0) is 0 Å². The molecule has 5 heteroatoms. The van der Waals surface area contributed by atoms with E-state index in [2.05, 4.69) is 20.9 Å². The van der Waals surface area contributed by atoms with Crippen LogP contribution < -0.4 is 0 Å². The third kappa shape index (κ3) is 2.66. The molecular weight excluding hydrogens is 284 g/mol. The Hall–Kier alpha value is -0.940. The molecule has 2 heterocycles. The lowest BCUT2D eigenvalue weighted by atomic mass is 9.96. The van der Waals surface area contributed by atoms with E-state index in [-0.39, 0.29) is 11.8 Å². The van der Waals surface area contributed by atoms with E-state index < -0.39 is 6.10 Å². The van der Waals surface area contributed by atoms with Gasteiger partial charge in [-0.25, -0.2) is 4.98 Å². The Bertz CT molecular complexity index is 425. The van der Waals surface area contributed by atoms with Crippen LogP contribution in [0.25, 0.3) is 0 Å². The molecule has 0 saturated carbocycles. The normalized spacial score (nSPS) is 24.8. The quantitative estimate of drug-likeness (QED) is 0.858. The summed E-state index contributed by atoms with van der Waals surface area (Å²) in [6, 6.07) is 3.57. The van der Waals surface area contributed by atoms with Crippen LogP contribution >= 0.6 is 15.9 Å². The van der Waals surface area contributed by atoms with Crippen molar-refractivity contribution < 1.29 is 9.90 Å². The first kappa shape index (κ1) is 12.5. The van der Waals surface area contributed by atoms with Gasteiger partial charge in [0.15, 0.2) is 0 Å². The van der Waals surface area contributed by atoms with Gasteiger partial charge >= 0.3 is 0 Å². The number of likely N-dealkylation sites (tertiary alicyclic amines) is 1. The van der Waals surface area contributed by atoms with Gasteiger partial charge in [-0.15, -0.1) is 0 Å². The van der Waals surface area contributed by atoms with Crippen LogP contribution in [0, 0.1) is 5.92 Å². The molecule has 1 saturated heterocycles. The number of piperidine rings is 1. The smallest absolute Gasteiger partial charge is 0.273 e. The van der Waals surface area contributed by atoms with E-state index in [4.69, 9.17) is 0 Å². The first-order chi connectivity index (χ1) is 8.09. The summed E-state index contributed by atoms with van der Waals surface area (Å²) >= 11 is 3.32. The molecular formula is C12H15BrN2O2. The highest BCUT2D eigenvalue weighted by atomic mass is 79.9. The number of carbonyl (C=O) groups excluding carboxylic acids is 1. The molecule has 0 bridgehead atoms. The molecule has 1 aliphatic rings. The van der Waals surface area contributed by atoms with Crippen LogP contribution in [0.1, 0.15) is 23.8 Å². The van der Waals surface area contributed by atoms with Crippen molar-refractivity contribution in [1.29, 1.82) is 0 Å². The van der Waals surface area contributed by atoms with Crippen molar-refractivity contribution in [3.63, 3.8) is 0 Å². The van der Waals surface area contributed by atoms with Gasteiger partial charge in [0, 0.05) is 23.8 Å². The number of halogens is 1. The fourth-order valence-electron chi connectivity index (χ4n) is 1.93. The van der Waals surface area contributed by atoms with Gasteiger partial charge in [0.1, 0.15) is 5.69 Å². The molecule has 1 aromatic rings. The lowest BCUT2D eigenvalue weighted by Gasteiger charge is -2.34. The van der Waals surface area contributed by atoms with Gasteiger partial charge in [0.2, 0.25) is 0 Å². The summed E-state index contributed by atoms with van der Waals surface area (Å²) in [4.78, 5) is 17.9. The van der Waals surface area contributed by atoms with Crippen LogP contribution in [0.4, 0.5) is 0 Å².